The predicted octanol–water partition coefficient (Wildman–Crippen LogP) is -0.414. The van der Waals surface area contributed by atoms with E-state index >= 15 is 0 Å². The number of furan rings is 1. The van der Waals surface area contributed by atoms with Gasteiger partial charge in [0.25, 0.3) is 0 Å². The first kappa shape index (κ1) is 12.7. The van der Waals surface area contributed by atoms with Crippen molar-refractivity contribution in [2.45, 2.75) is 6.61 Å². The summed E-state index contributed by atoms with van der Waals surface area (Å²) in [5.41, 5.74) is 0.0459. The van der Waals surface area contributed by atoms with E-state index in [0.29, 0.717) is 11.5 Å². The Kier molecular flexibility index (Phi) is 3.51. The minimum atomic E-state index is -1.40. The Bertz CT molecular complexity index is 596. The van der Waals surface area contributed by atoms with Crippen LogP contribution < -0.4 is 14.9 Å². The van der Waals surface area contributed by atoms with E-state index in [4.69, 9.17) is 9.15 Å². The van der Waals surface area contributed by atoms with Gasteiger partial charge in [0.1, 0.15) is 29.8 Å². The Morgan fingerprint density at radius 1 is 1.00 bits per heavy atom. The number of carbonyl (C=O) groups excluding carboxylic acids is 2. The van der Waals surface area contributed by atoms with Gasteiger partial charge in [-0.1, -0.05) is 0 Å². The van der Waals surface area contributed by atoms with E-state index in [1.165, 1.54) is 36.4 Å². The second-order valence-electron chi connectivity index (χ2n) is 3.65. The topological polar surface area (TPSA) is 103 Å². The van der Waals surface area contributed by atoms with Gasteiger partial charge in [-0.2, -0.15) is 0 Å². The molecule has 0 saturated carbocycles. The first-order valence-electron chi connectivity index (χ1n) is 5.30. The third kappa shape index (κ3) is 3.12. The third-order valence-electron chi connectivity index (χ3n) is 2.33. The average molecular weight is 260 g/mol. The normalized spacial score (nSPS) is 10.1. The van der Waals surface area contributed by atoms with Crippen LogP contribution in [-0.2, 0) is 6.61 Å². The van der Waals surface area contributed by atoms with E-state index in [1.807, 2.05) is 0 Å². The lowest BCUT2D eigenvalue weighted by molar-refractivity contribution is -0.257. The average Bonchev–Trinajstić information content (AvgIpc) is 2.86. The maximum atomic E-state index is 10.5. The van der Waals surface area contributed by atoms with Gasteiger partial charge in [0, 0.05) is 0 Å². The van der Waals surface area contributed by atoms with E-state index < -0.39 is 11.9 Å². The maximum Gasteiger partial charge on any atom is 0.149 e. The lowest BCUT2D eigenvalue weighted by Crippen LogP contribution is -2.21. The van der Waals surface area contributed by atoms with Crippen LogP contribution in [0.2, 0.25) is 0 Å². The van der Waals surface area contributed by atoms with Gasteiger partial charge in [-0.3, -0.25) is 0 Å². The molecular weight excluding hydrogens is 252 g/mol. The third-order valence-corrected chi connectivity index (χ3v) is 2.33. The number of hydrogen-bond acceptors (Lipinski definition) is 6. The number of carboxylic acid groups (broad SMARTS) is 2. The molecule has 0 N–H and O–H groups in total. The molecule has 1 heterocycles. The fraction of sp³-hybridized carbons (Fsp3) is 0.0769. The molecule has 2 aromatic rings. The Morgan fingerprint density at radius 2 is 1.68 bits per heavy atom. The SMILES string of the molecule is O=C([O-])c1ccc(OCc2ccc(C(=O)[O-])o2)cc1. The zero-order valence-corrected chi connectivity index (χ0v) is 9.62. The Morgan fingerprint density at radius 3 is 2.21 bits per heavy atom. The maximum absolute atomic E-state index is 10.5. The molecule has 1 aromatic heterocycles. The first-order chi connectivity index (χ1) is 9.06. The summed E-state index contributed by atoms with van der Waals surface area (Å²) in [6, 6.07) is 8.36. The number of rotatable bonds is 5. The highest BCUT2D eigenvalue weighted by atomic mass is 16.5. The summed E-state index contributed by atoms with van der Waals surface area (Å²) >= 11 is 0. The summed E-state index contributed by atoms with van der Waals surface area (Å²) in [4.78, 5) is 21.0. The summed E-state index contributed by atoms with van der Waals surface area (Å²) in [6.07, 6.45) is 0. The van der Waals surface area contributed by atoms with E-state index in [1.54, 1.807) is 0 Å². The van der Waals surface area contributed by atoms with Crippen LogP contribution >= 0.6 is 0 Å². The zero-order valence-electron chi connectivity index (χ0n) is 9.62. The summed E-state index contributed by atoms with van der Waals surface area (Å²) in [6.45, 7) is 0.0257. The quantitative estimate of drug-likeness (QED) is 0.723. The summed E-state index contributed by atoms with van der Waals surface area (Å²) in [7, 11) is 0. The van der Waals surface area contributed by atoms with Crippen molar-refractivity contribution in [3.8, 4) is 5.75 Å². The standard InChI is InChI=1S/C13H10O6/c14-12(15)8-1-3-9(4-2-8)18-7-10-5-6-11(19-10)13(16)17/h1-6H,7H2,(H,14,15)(H,16,17)/p-2. The highest BCUT2D eigenvalue weighted by Crippen LogP contribution is 2.15. The molecule has 0 amide bonds. The van der Waals surface area contributed by atoms with Crippen molar-refractivity contribution in [1.82, 2.24) is 0 Å². The van der Waals surface area contributed by atoms with Crippen LogP contribution in [0.25, 0.3) is 0 Å². The van der Waals surface area contributed by atoms with Crippen LogP contribution in [0, 0.1) is 0 Å². The zero-order chi connectivity index (χ0) is 13.8. The molecule has 1 aromatic carbocycles. The second kappa shape index (κ2) is 5.26. The van der Waals surface area contributed by atoms with Crippen LogP contribution in [0.15, 0.2) is 40.8 Å². The molecule has 98 valence electrons. The van der Waals surface area contributed by atoms with Crippen molar-refractivity contribution in [2.24, 2.45) is 0 Å². The molecule has 0 radical (unpaired) electrons. The van der Waals surface area contributed by atoms with E-state index in [2.05, 4.69) is 0 Å². The molecule has 0 fully saturated rings. The molecular formula is C13H8O6-2. The van der Waals surface area contributed by atoms with Crippen molar-refractivity contribution >= 4 is 11.9 Å². The number of aromatic carboxylic acids is 2. The van der Waals surface area contributed by atoms with Crippen LogP contribution in [0.5, 0.6) is 5.75 Å². The number of carboxylic acids is 2. The molecule has 0 spiro atoms. The Labute approximate surface area is 107 Å². The Balaban J connectivity index is 1.97. The molecule has 0 unspecified atom stereocenters. The first-order valence-corrected chi connectivity index (χ1v) is 5.30. The molecule has 6 heteroatoms. The molecule has 0 aliphatic rings. The smallest absolute Gasteiger partial charge is 0.149 e. The summed E-state index contributed by atoms with van der Waals surface area (Å²) in [5.74, 6) is -2.19. The molecule has 2 rings (SSSR count). The Hall–Kier alpha value is -2.76. The molecule has 0 bridgehead atoms. The van der Waals surface area contributed by atoms with Crippen molar-refractivity contribution in [2.75, 3.05) is 0 Å². The lowest BCUT2D eigenvalue weighted by atomic mass is 10.2. The molecule has 19 heavy (non-hydrogen) atoms. The van der Waals surface area contributed by atoms with Gasteiger partial charge in [0.15, 0.2) is 0 Å². The van der Waals surface area contributed by atoms with E-state index in [0.717, 1.165) is 0 Å². The molecule has 0 saturated heterocycles. The van der Waals surface area contributed by atoms with E-state index in [-0.39, 0.29) is 17.9 Å². The van der Waals surface area contributed by atoms with Gasteiger partial charge in [0.2, 0.25) is 0 Å². The highest BCUT2D eigenvalue weighted by Gasteiger charge is 2.04. The van der Waals surface area contributed by atoms with Gasteiger partial charge in [0.05, 0.1) is 5.97 Å². The highest BCUT2D eigenvalue weighted by molar-refractivity contribution is 5.85. The second-order valence-corrected chi connectivity index (χ2v) is 3.65. The number of hydrogen-bond donors (Lipinski definition) is 0. The van der Waals surface area contributed by atoms with Crippen molar-refractivity contribution in [1.29, 1.82) is 0 Å². The van der Waals surface area contributed by atoms with Gasteiger partial charge in [-0.15, -0.1) is 0 Å². The van der Waals surface area contributed by atoms with Crippen molar-refractivity contribution in [3.05, 3.63) is 53.5 Å². The van der Waals surface area contributed by atoms with Crippen LogP contribution in [0.3, 0.4) is 0 Å². The van der Waals surface area contributed by atoms with Crippen LogP contribution in [0.1, 0.15) is 26.7 Å². The van der Waals surface area contributed by atoms with Gasteiger partial charge in [-0.05, 0) is 42.0 Å². The largest absolute Gasteiger partial charge is 0.545 e. The summed E-state index contributed by atoms with van der Waals surface area (Å²) in [5, 5.41) is 21.0. The van der Waals surface area contributed by atoms with E-state index in [9.17, 15) is 19.8 Å². The molecule has 6 nitrogen and oxygen atoms in total. The molecule has 0 atom stereocenters. The van der Waals surface area contributed by atoms with Gasteiger partial charge < -0.3 is 29.0 Å². The minimum absolute atomic E-state index is 0.0257. The minimum Gasteiger partial charge on any atom is -0.545 e. The fourth-order valence-electron chi connectivity index (χ4n) is 1.41. The van der Waals surface area contributed by atoms with Gasteiger partial charge >= 0.3 is 0 Å². The number of carbonyl (C=O) groups is 2. The number of benzene rings is 1. The lowest BCUT2D eigenvalue weighted by Gasteiger charge is -2.06. The van der Waals surface area contributed by atoms with Crippen LogP contribution in [-0.4, -0.2) is 11.9 Å². The summed E-state index contributed by atoms with van der Waals surface area (Å²) < 4.78 is 10.2. The van der Waals surface area contributed by atoms with Crippen molar-refractivity contribution < 1.29 is 29.0 Å². The fourth-order valence-corrected chi connectivity index (χ4v) is 1.41. The molecule has 0 aliphatic heterocycles. The molecule has 0 aliphatic carbocycles. The predicted molar refractivity (Wildman–Crippen MR) is 58.1 cm³/mol. The van der Waals surface area contributed by atoms with Gasteiger partial charge in [-0.25, -0.2) is 0 Å². The number of ether oxygens (including phenoxy) is 1. The monoisotopic (exact) mass is 260 g/mol. The van der Waals surface area contributed by atoms with Crippen molar-refractivity contribution in [3.63, 3.8) is 0 Å². The van der Waals surface area contributed by atoms with Crippen LogP contribution in [0.4, 0.5) is 0 Å².